The maximum atomic E-state index is 12.2. The van der Waals surface area contributed by atoms with Crippen LogP contribution in [0.5, 0.6) is 0 Å². The number of nitrogens with zero attached hydrogens (tertiary/aromatic N) is 5. The van der Waals surface area contributed by atoms with E-state index in [0.717, 1.165) is 9.78 Å². The molecule has 11 nitrogen and oxygen atoms in total. The number of methoxy groups -OCH3 is 1. The van der Waals surface area contributed by atoms with Gasteiger partial charge in [0.2, 0.25) is 0 Å². The van der Waals surface area contributed by atoms with Gasteiger partial charge in [-0.1, -0.05) is 11.6 Å². The monoisotopic (exact) mass is 391 g/mol. The Morgan fingerprint density at radius 2 is 2.24 bits per heavy atom. The molecule has 0 N–H and O–H groups in total. The minimum absolute atomic E-state index is 0.0669. The highest BCUT2D eigenvalue weighted by molar-refractivity contribution is 7.15. The molecular weight excluding hydrogens is 378 g/mol. The fraction of sp³-hybridized carbons (Fsp3) is 0.500. The molecule has 0 atom stereocenters. The van der Waals surface area contributed by atoms with Gasteiger partial charge < -0.3 is 14.4 Å². The predicted molar refractivity (Wildman–Crippen MR) is 86.5 cm³/mol. The second kappa shape index (κ2) is 8.69. The fourth-order valence-corrected chi connectivity index (χ4v) is 3.05. The van der Waals surface area contributed by atoms with Crippen LogP contribution in [0.25, 0.3) is 0 Å². The molecule has 1 fully saturated rings. The second-order valence-electron chi connectivity index (χ2n) is 4.72. The highest BCUT2D eigenvalue weighted by Crippen LogP contribution is 2.21. The maximum absolute atomic E-state index is 12.2. The minimum Gasteiger partial charge on any atom is -0.456 e. The van der Waals surface area contributed by atoms with E-state index >= 15 is 0 Å². The number of carbonyl (C=O) groups excluding carboxylic acids is 2. The van der Waals surface area contributed by atoms with E-state index in [4.69, 9.17) is 21.1 Å². The van der Waals surface area contributed by atoms with E-state index in [9.17, 15) is 19.7 Å². The standard InChI is InChI=1S/C12H14ClN5O6S/c1-23-4-5-24-10(20)9(19)17-3-2-16(12(17)15-18(21)22)7-8-6-14-11(13)25-8/h6H,2-5,7H2,1H3/b15-12-. The van der Waals surface area contributed by atoms with E-state index in [1.165, 1.54) is 29.5 Å². The Kier molecular flexibility index (Phi) is 6.61. The molecule has 0 unspecified atom stereocenters. The smallest absolute Gasteiger partial charge is 0.397 e. The van der Waals surface area contributed by atoms with Crippen molar-refractivity contribution in [3.8, 4) is 0 Å². The van der Waals surface area contributed by atoms with Gasteiger partial charge in [-0.3, -0.25) is 9.69 Å². The first-order valence-electron chi connectivity index (χ1n) is 6.98. The zero-order valence-corrected chi connectivity index (χ0v) is 14.7. The van der Waals surface area contributed by atoms with Gasteiger partial charge in [-0.15, -0.1) is 11.3 Å². The number of hydrogen-bond donors (Lipinski definition) is 0. The van der Waals surface area contributed by atoms with Crippen molar-refractivity contribution in [2.45, 2.75) is 6.54 Å². The van der Waals surface area contributed by atoms with Crippen LogP contribution in [0.4, 0.5) is 0 Å². The topological polar surface area (TPSA) is 127 Å². The lowest BCUT2D eigenvalue weighted by Gasteiger charge is -2.18. The number of ether oxygens (including phenoxy) is 2. The molecule has 1 aromatic rings. The number of aromatic nitrogens is 1. The predicted octanol–water partition coefficient (Wildman–Crippen LogP) is 0.178. The Balaban J connectivity index is 2.11. The van der Waals surface area contributed by atoms with E-state index in [1.807, 2.05) is 0 Å². The molecule has 1 aromatic heterocycles. The van der Waals surface area contributed by atoms with Crippen LogP contribution < -0.4 is 0 Å². The lowest BCUT2D eigenvalue weighted by atomic mass is 10.5. The molecule has 0 spiro atoms. The normalized spacial score (nSPS) is 15.7. The van der Waals surface area contributed by atoms with Crippen molar-refractivity contribution in [3.05, 3.63) is 25.7 Å². The molecule has 0 bridgehead atoms. The van der Waals surface area contributed by atoms with Gasteiger partial charge in [-0.05, 0) is 0 Å². The molecule has 0 saturated carbocycles. The van der Waals surface area contributed by atoms with Crippen molar-refractivity contribution < 1.29 is 24.1 Å². The molecule has 0 radical (unpaired) electrons. The van der Waals surface area contributed by atoms with Crippen LogP contribution in [0, 0.1) is 10.1 Å². The van der Waals surface area contributed by atoms with E-state index in [0.29, 0.717) is 4.47 Å². The molecule has 2 heterocycles. The van der Waals surface area contributed by atoms with Gasteiger partial charge in [0.15, 0.2) is 9.50 Å². The SMILES string of the molecule is COCCOC(=O)C(=O)N1CCN(Cc2cnc(Cl)s2)/C1=N/[N+](=O)[O-]. The third-order valence-corrected chi connectivity index (χ3v) is 4.20. The van der Waals surface area contributed by atoms with Gasteiger partial charge in [0.25, 0.3) is 5.96 Å². The van der Waals surface area contributed by atoms with E-state index in [2.05, 4.69) is 10.1 Å². The Hall–Kier alpha value is -2.31. The average molecular weight is 392 g/mol. The minimum atomic E-state index is -1.13. The van der Waals surface area contributed by atoms with Crippen molar-refractivity contribution in [1.29, 1.82) is 0 Å². The van der Waals surface area contributed by atoms with Crippen molar-refractivity contribution in [3.63, 3.8) is 0 Å². The van der Waals surface area contributed by atoms with Crippen molar-refractivity contribution in [2.24, 2.45) is 5.10 Å². The molecule has 1 amide bonds. The van der Waals surface area contributed by atoms with Gasteiger partial charge in [0, 0.05) is 31.3 Å². The van der Waals surface area contributed by atoms with E-state index < -0.39 is 16.9 Å². The highest BCUT2D eigenvalue weighted by Gasteiger charge is 2.38. The quantitative estimate of drug-likeness (QED) is 0.221. The van der Waals surface area contributed by atoms with Crippen molar-refractivity contribution in [2.75, 3.05) is 33.4 Å². The number of carbonyl (C=O) groups is 2. The first-order valence-corrected chi connectivity index (χ1v) is 8.17. The number of esters is 1. The molecule has 13 heteroatoms. The number of rotatable bonds is 6. The average Bonchev–Trinajstić information content (AvgIpc) is 3.13. The van der Waals surface area contributed by atoms with Gasteiger partial charge in [0.05, 0.1) is 13.2 Å². The largest absolute Gasteiger partial charge is 0.456 e. The molecule has 1 aliphatic rings. The Morgan fingerprint density at radius 1 is 1.48 bits per heavy atom. The van der Waals surface area contributed by atoms with Crippen LogP contribution in [-0.2, 0) is 25.6 Å². The van der Waals surface area contributed by atoms with Gasteiger partial charge in [-0.2, -0.15) is 0 Å². The third-order valence-electron chi connectivity index (χ3n) is 3.10. The van der Waals surface area contributed by atoms with Crippen LogP contribution in [-0.4, -0.2) is 71.1 Å². The number of amides is 1. The van der Waals surface area contributed by atoms with Gasteiger partial charge in [0.1, 0.15) is 11.7 Å². The van der Waals surface area contributed by atoms with Gasteiger partial charge >= 0.3 is 11.9 Å². The summed E-state index contributed by atoms with van der Waals surface area (Å²) in [6.07, 6.45) is 1.53. The molecule has 0 aliphatic carbocycles. The number of thiazole rings is 1. The van der Waals surface area contributed by atoms with Crippen LogP contribution in [0.1, 0.15) is 4.88 Å². The summed E-state index contributed by atoms with van der Waals surface area (Å²) in [7, 11) is 1.42. The molecule has 1 saturated heterocycles. The molecule has 0 aromatic carbocycles. The number of hydrogen-bond acceptors (Lipinski definition) is 8. The van der Waals surface area contributed by atoms with Crippen LogP contribution in [0.2, 0.25) is 4.47 Å². The van der Waals surface area contributed by atoms with Gasteiger partial charge in [-0.25, -0.2) is 19.9 Å². The van der Waals surface area contributed by atoms with Crippen molar-refractivity contribution in [1.82, 2.24) is 14.8 Å². The van der Waals surface area contributed by atoms with Crippen molar-refractivity contribution >= 4 is 40.8 Å². The number of halogens is 1. The fourth-order valence-electron chi connectivity index (χ4n) is 2.06. The van der Waals surface area contributed by atoms with Crippen LogP contribution in [0.3, 0.4) is 0 Å². The van der Waals surface area contributed by atoms with Crippen LogP contribution >= 0.6 is 22.9 Å². The summed E-state index contributed by atoms with van der Waals surface area (Å²) in [6, 6.07) is 0. The highest BCUT2D eigenvalue weighted by atomic mass is 35.5. The van der Waals surface area contributed by atoms with E-state index in [-0.39, 0.29) is 38.8 Å². The summed E-state index contributed by atoms with van der Waals surface area (Å²) >= 11 is 6.97. The zero-order chi connectivity index (χ0) is 18.4. The first-order chi connectivity index (χ1) is 11.9. The summed E-state index contributed by atoms with van der Waals surface area (Å²) in [5.74, 6) is -2.39. The lowest BCUT2D eigenvalue weighted by Crippen LogP contribution is -2.42. The summed E-state index contributed by atoms with van der Waals surface area (Å²) in [5.41, 5.74) is 0. The summed E-state index contributed by atoms with van der Waals surface area (Å²) in [6.45, 7) is 0.586. The number of hydrazone groups is 1. The third kappa shape index (κ3) is 5.08. The molecule has 1 aliphatic heterocycles. The summed E-state index contributed by atoms with van der Waals surface area (Å²) in [4.78, 5) is 41.8. The van der Waals surface area contributed by atoms with E-state index in [1.54, 1.807) is 0 Å². The molecular formula is C12H14ClN5O6S. The Morgan fingerprint density at radius 3 is 2.84 bits per heavy atom. The Labute approximate surface area is 150 Å². The summed E-state index contributed by atoms with van der Waals surface area (Å²) < 4.78 is 9.79. The second-order valence-corrected chi connectivity index (χ2v) is 6.42. The molecule has 136 valence electrons. The maximum Gasteiger partial charge on any atom is 0.397 e. The summed E-state index contributed by atoms with van der Waals surface area (Å²) in [5, 5.41) is 13.1. The molecule has 2 rings (SSSR count). The Bertz CT molecular complexity index is 695. The zero-order valence-electron chi connectivity index (χ0n) is 13.1. The molecule has 25 heavy (non-hydrogen) atoms. The lowest BCUT2D eigenvalue weighted by molar-refractivity contribution is -0.486. The van der Waals surface area contributed by atoms with Crippen LogP contribution in [0.15, 0.2) is 11.3 Å². The number of nitro groups is 1. The first kappa shape index (κ1) is 19.0. The number of guanidine groups is 1.